The molecule has 3 aliphatic carbocycles. The quantitative estimate of drug-likeness (QED) is 0.745. The fraction of sp³-hybridized carbons (Fsp3) is 0.789. The Morgan fingerprint density at radius 2 is 2.00 bits per heavy atom. The molecule has 0 spiro atoms. The summed E-state index contributed by atoms with van der Waals surface area (Å²) in [7, 11) is 0. The van der Waals surface area contributed by atoms with Crippen molar-refractivity contribution in [2.24, 2.45) is 34.5 Å². The van der Waals surface area contributed by atoms with Crippen molar-refractivity contribution in [3.63, 3.8) is 0 Å². The molecule has 4 rings (SSSR count). The second kappa shape index (κ2) is 4.60. The van der Waals surface area contributed by atoms with Crippen molar-refractivity contribution in [1.29, 1.82) is 5.26 Å². The Kier molecular flexibility index (Phi) is 2.99. The Bertz CT molecular complexity index is 576. The topological polar surface area (TPSA) is 52.9 Å². The zero-order chi connectivity index (χ0) is 15.5. The molecule has 1 N–H and O–H groups in total. The molecule has 22 heavy (non-hydrogen) atoms. The number of hydrogen-bond donors (Lipinski definition) is 1. The number of nitrogens with zero attached hydrogens (tertiary/aromatic N) is 1. The van der Waals surface area contributed by atoms with Gasteiger partial charge in [-0.05, 0) is 67.8 Å². The first-order valence-corrected chi connectivity index (χ1v) is 8.88. The Morgan fingerprint density at radius 3 is 2.77 bits per heavy atom. The fourth-order valence-electron chi connectivity index (χ4n) is 6.55. The Balaban J connectivity index is 1.68. The molecule has 118 valence electrons. The molecular weight excluding hydrogens is 272 g/mol. The average Bonchev–Trinajstić information content (AvgIpc) is 2.84. The van der Waals surface area contributed by atoms with E-state index in [0.717, 1.165) is 18.8 Å². The number of carbonyl (C=O) groups excluding carboxylic acids is 1. The van der Waals surface area contributed by atoms with Gasteiger partial charge in [0, 0.05) is 11.5 Å². The van der Waals surface area contributed by atoms with Crippen LogP contribution in [0.1, 0.15) is 52.4 Å². The molecule has 0 radical (unpaired) electrons. The minimum Gasteiger partial charge on any atom is -0.349 e. The molecule has 3 heteroatoms. The van der Waals surface area contributed by atoms with Crippen molar-refractivity contribution in [1.82, 2.24) is 5.32 Å². The molecule has 4 aliphatic rings. The molecule has 0 bridgehead atoms. The third-order valence-corrected chi connectivity index (χ3v) is 7.84. The molecule has 1 amide bonds. The van der Waals surface area contributed by atoms with Crippen LogP contribution in [0, 0.1) is 45.8 Å². The highest BCUT2D eigenvalue weighted by atomic mass is 16.1. The van der Waals surface area contributed by atoms with E-state index in [0.29, 0.717) is 17.9 Å². The second-order valence-corrected chi connectivity index (χ2v) is 8.52. The number of rotatable bonds is 0. The highest BCUT2D eigenvalue weighted by Gasteiger charge is 2.59. The van der Waals surface area contributed by atoms with E-state index in [-0.39, 0.29) is 22.7 Å². The number of nitrogens with one attached hydrogen (secondary N) is 1. The Morgan fingerprint density at radius 1 is 1.18 bits per heavy atom. The van der Waals surface area contributed by atoms with Crippen LogP contribution < -0.4 is 5.32 Å². The maximum absolute atomic E-state index is 11.7. The summed E-state index contributed by atoms with van der Waals surface area (Å²) >= 11 is 0. The van der Waals surface area contributed by atoms with Gasteiger partial charge in [-0.1, -0.05) is 19.9 Å². The molecule has 0 aromatic heterocycles. The summed E-state index contributed by atoms with van der Waals surface area (Å²) < 4.78 is 0. The van der Waals surface area contributed by atoms with Gasteiger partial charge in [0.25, 0.3) is 0 Å². The van der Waals surface area contributed by atoms with Crippen LogP contribution in [0.5, 0.6) is 0 Å². The lowest BCUT2D eigenvalue weighted by molar-refractivity contribution is -0.122. The highest BCUT2D eigenvalue weighted by molar-refractivity contribution is 5.89. The first kappa shape index (κ1) is 14.3. The van der Waals surface area contributed by atoms with Gasteiger partial charge in [-0.3, -0.25) is 4.79 Å². The van der Waals surface area contributed by atoms with E-state index in [2.05, 4.69) is 31.3 Å². The molecule has 1 aliphatic heterocycles. The average molecular weight is 298 g/mol. The molecule has 0 saturated heterocycles. The van der Waals surface area contributed by atoms with E-state index in [1.54, 1.807) is 6.08 Å². The van der Waals surface area contributed by atoms with E-state index in [9.17, 15) is 10.1 Å². The zero-order valence-corrected chi connectivity index (χ0v) is 13.6. The van der Waals surface area contributed by atoms with Gasteiger partial charge in [0.15, 0.2) is 0 Å². The van der Waals surface area contributed by atoms with Gasteiger partial charge in [0.1, 0.15) is 0 Å². The molecule has 0 aromatic rings. The summed E-state index contributed by atoms with van der Waals surface area (Å²) in [5.41, 5.74) is 0.351. The van der Waals surface area contributed by atoms with Crippen LogP contribution in [-0.2, 0) is 4.79 Å². The smallest absolute Gasteiger partial charge is 0.243 e. The normalized spacial score (nSPS) is 53.0. The lowest BCUT2D eigenvalue weighted by Crippen LogP contribution is -2.59. The first-order valence-electron chi connectivity index (χ1n) is 8.88. The van der Waals surface area contributed by atoms with E-state index in [1.165, 1.54) is 25.7 Å². The van der Waals surface area contributed by atoms with Crippen LogP contribution in [0.3, 0.4) is 0 Å². The van der Waals surface area contributed by atoms with Gasteiger partial charge in [-0.2, -0.15) is 5.26 Å². The Hall–Kier alpha value is -1.30. The minimum atomic E-state index is 0.0759. The van der Waals surface area contributed by atoms with Gasteiger partial charge >= 0.3 is 0 Å². The number of nitriles is 1. The first-order chi connectivity index (χ1) is 10.5. The summed E-state index contributed by atoms with van der Waals surface area (Å²) in [4.78, 5) is 11.7. The predicted molar refractivity (Wildman–Crippen MR) is 84.6 cm³/mol. The molecular formula is C19H26N2O. The predicted octanol–water partition coefficient (Wildman–Crippen LogP) is 3.42. The van der Waals surface area contributed by atoms with Gasteiger partial charge in [0.2, 0.25) is 5.91 Å². The molecule has 7 atom stereocenters. The third-order valence-electron chi connectivity index (χ3n) is 7.84. The molecule has 1 heterocycles. The Labute approximate surface area is 133 Å². The van der Waals surface area contributed by atoms with Crippen LogP contribution in [0.25, 0.3) is 0 Å². The summed E-state index contributed by atoms with van der Waals surface area (Å²) in [5, 5.41) is 12.7. The fourth-order valence-corrected chi connectivity index (χ4v) is 6.55. The van der Waals surface area contributed by atoms with Gasteiger partial charge in [-0.25, -0.2) is 0 Å². The zero-order valence-electron chi connectivity index (χ0n) is 13.6. The van der Waals surface area contributed by atoms with Crippen molar-refractivity contribution in [3.05, 3.63) is 12.2 Å². The van der Waals surface area contributed by atoms with Gasteiger partial charge < -0.3 is 5.32 Å². The van der Waals surface area contributed by atoms with Crippen molar-refractivity contribution >= 4 is 5.91 Å². The van der Waals surface area contributed by atoms with Crippen LogP contribution in [0.2, 0.25) is 0 Å². The van der Waals surface area contributed by atoms with Gasteiger partial charge in [0.05, 0.1) is 12.0 Å². The maximum atomic E-state index is 11.7. The highest BCUT2D eigenvalue weighted by Crippen LogP contribution is 2.64. The minimum absolute atomic E-state index is 0.0759. The van der Waals surface area contributed by atoms with Crippen LogP contribution in [0.15, 0.2) is 12.2 Å². The monoisotopic (exact) mass is 298 g/mol. The lowest BCUT2D eigenvalue weighted by Gasteiger charge is -2.58. The van der Waals surface area contributed by atoms with Crippen LogP contribution >= 0.6 is 0 Å². The van der Waals surface area contributed by atoms with Crippen LogP contribution in [-0.4, -0.2) is 11.9 Å². The number of fused-ring (bicyclic) bond motifs is 5. The van der Waals surface area contributed by atoms with Crippen LogP contribution in [0.4, 0.5) is 0 Å². The van der Waals surface area contributed by atoms with Crippen molar-refractivity contribution in [3.8, 4) is 6.07 Å². The number of carbonyl (C=O) groups is 1. The molecule has 0 aromatic carbocycles. The van der Waals surface area contributed by atoms with E-state index >= 15 is 0 Å². The summed E-state index contributed by atoms with van der Waals surface area (Å²) in [6.45, 7) is 4.73. The van der Waals surface area contributed by atoms with Gasteiger partial charge in [-0.15, -0.1) is 0 Å². The summed E-state index contributed by atoms with van der Waals surface area (Å²) in [5.74, 6) is 2.44. The molecule has 3 fully saturated rings. The SMILES string of the molecule is C[C@]12C=CC(=O)N[C@@H]1CC[C@@H]1[C@@H]2CC[C@]2(C)[C@@H](C#N)CC[C@@H]12. The largest absolute Gasteiger partial charge is 0.349 e. The van der Waals surface area contributed by atoms with Crippen molar-refractivity contribution < 1.29 is 4.79 Å². The van der Waals surface area contributed by atoms with E-state index in [4.69, 9.17) is 0 Å². The van der Waals surface area contributed by atoms with Crippen molar-refractivity contribution in [2.45, 2.75) is 58.4 Å². The van der Waals surface area contributed by atoms with E-state index in [1.807, 2.05) is 0 Å². The summed E-state index contributed by atoms with van der Waals surface area (Å²) in [6.07, 6.45) is 11.0. The lowest BCUT2D eigenvalue weighted by atomic mass is 9.48. The number of hydrogen-bond acceptors (Lipinski definition) is 2. The molecule has 3 saturated carbocycles. The molecule has 0 unspecified atom stereocenters. The third kappa shape index (κ3) is 1.70. The maximum Gasteiger partial charge on any atom is 0.243 e. The summed E-state index contributed by atoms with van der Waals surface area (Å²) in [6, 6.07) is 2.91. The standard InChI is InChI=1S/C19H26N2O/c1-18-9-7-15-13(14(18)5-3-12(18)11-20)4-6-16-19(15,2)10-8-17(22)21-16/h8,10,12-16H,3-7,9H2,1-2H3,(H,21,22)/t12-,13+,14+,15+,16-,18-,19-/m1/s1. The van der Waals surface area contributed by atoms with E-state index < -0.39 is 0 Å². The molecule has 3 nitrogen and oxygen atoms in total. The number of amides is 1. The van der Waals surface area contributed by atoms with Crippen molar-refractivity contribution in [2.75, 3.05) is 0 Å². The second-order valence-electron chi connectivity index (χ2n) is 8.52.